The van der Waals surface area contributed by atoms with E-state index in [2.05, 4.69) is 12.1 Å². The first kappa shape index (κ1) is 18.6. The largest absolute Gasteiger partial charge is 0.491 e. The van der Waals surface area contributed by atoms with Gasteiger partial charge in [-0.2, -0.15) is 10.5 Å². The average molecular weight is 315 g/mol. The van der Waals surface area contributed by atoms with Crippen molar-refractivity contribution < 1.29 is 14.6 Å². The van der Waals surface area contributed by atoms with Gasteiger partial charge >= 0.3 is 0 Å². The second-order valence-corrected chi connectivity index (χ2v) is 5.17. The minimum Gasteiger partial charge on any atom is -0.491 e. The second-order valence-electron chi connectivity index (χ2n) is 5.17. The third-order valence-corrected chi connectivity index (χ3v) is 3.23. The summed E-state index contributed by atoms with van der Waals surface area (Å²) in [6, 6.07) is 10.9. The molecule has 0 radical (unpaired) electrons. The molecule has 1 aromatic rings. The zero-order chi connectivity index (χ0) is 17.1. The van der Waals surface area contributed by atoms with E-state index in [0.717, 1.165) is 0 Å². The third kappa shape index (κ3) is 7.42. The van der Waals surface area contributed by atoms with E-state index in [4.69, 9.17) is 15.3 Å². The Balaban J connectivity index is 2.49. The number of aliphatic hydroxyl groups is 1. The predicted molar refractivity (Wildman–Crippen MR) is 84.8 cm³/mol. The van der Waals surface area contributed by atoms with Gasteiger partial charge in [-0.05, 0) is 19.1 Å². The molecule has 0 spiro atoms. The molecule has 1 atom stereocenters. The van der Waals surface area contributed by atoms with Crippen molar-refractivity contribution in [1.82, 2.24) is 4.90 Å². The van der Waals surface area contributed by atoms with Crippen molar-refractivity contribution in [2.24, 2.45) is 0 Å². The van der Waals surface area contributed by atoms with Crippen molar-refractivity contribution in [2.75, 3.05) is 26.2 Å². The summed E-state index contributed by atoms with van der Waals surface area (Å²) in [5.41, 5.74) is 0.557. The van der Waals surface area contributed by atoms with Crippen molar-refractivity contribution in [3.05, 3.63) is 29.8 Å². The first-order chi connectivity index (χ1) is 11.1. The van der Waals surface area contributed by atoms with Gasteiger partial charge in [-0.25, -0.2) is 0 Å². The van der Waals surface area contributed by atoms with Crippen LogP contribution in [0, 0.1) is 22.7 Å². The fourth-order valence-corrected chi connectivity index (χ4v) is 2.06. The summed E-state index contributed by atoms with van der Waals surface area (Å²) in [5.74, 6) is 0.479. The number of Topliss-reactive ketones (excluding diaryl/α,β-unsaturated/α-hetero) is 1. The summed E-state index contributed by atoms with van der Waals surface area (Å²) in [7, 11) is 0. The Bertz CT molecular complexity index is 571. The molecule has 1 N–H and O–H groups in total. The van der Waals surface area contributed by atoms with Crippen LogP contribution in [0.1, 0.15) is 30.1 Å². The number of carbonyl (C=O) groups excluding carboxylic acids is 1. The standard InChI is InChI=1S/C17H21N3O3/c1-14(21)15-5-2-6-17(11-15)23-13-16(22)12-20(9-3-7-18)10-4-8-19/h2,5-6,11,16,22H,3-4,9-10,12-13H2,1H3. The quantitative estimate of drug-likeness (QED) is 0.661. The van der Waals surface area contributed by atoms with Gasteiger partial charge in [-0.1, -0.05) is 12.1 Å². The number of ether oxygens (including phenoxy) is 1. The summed E-state index contributed by atoms with van der Waals surface area (Å²) in [5, 5.41) is 27.3. The Morgan fingerprint density at radius 3 is 2.52 bits per heavy atom. The smallest absolute Gasteiger partial charge is 0.159 e. The molecule has 1 aromatic carbocycles. The number of rotatable bonds is 10. The fraction of sp³-hybridized carbons (Fsp3) is 0.471. The van der Waals surface area contributed by atoms with Crippen LogP contribution in [0.2, 0.25) is 0 Å². The highest BCUT2D eigenvalue weighted by Crippen LogP contribution is 2.14. The normalized spacial score (nSPS) is 11.5. The molecule has 0 aromatic heterocycles. The number of nitrogens with zero attached hydrogens (tertiary/aromatic N) is 3. The van der Waals surface area contributed by atoms with Gasteiger partial charge in [0.25, 0.3) is 0 Å². The Kier molecular flexibility index (Phi) is 8.38. The van der Waals surface area contributed by atoms with Crippen molar-refractivity contribution in [1.29, 1.82) is 10.5 Å². The van der Waals surface area contributed by atoms with E-state index in [1.165, 1.54) is 6.92 Å². The van der Waals surface area contributed by atoms with Gasteiger partial charge in [0.15, 0.2) is 5.78 Å². The van der Waals surface area contributed by atoms with Gasteiger partial charge in [0.2, 0.25) is 0 Å². The van der Waals surface area contributed by atoms with Crippen LogP contribution in [0.25, 0.3) is 0 Å². The highest BCUT2D eigenvalue weighted by atomic mass is 16.5. The maximum atomic E-state index is 11.3. The van der Waals surface area contributed by atoms with E-state index < -0.39 is 6.10 Å². The van der Waals surface area contributed by atoms with Crippen molar-refractivity contribution >= 4 is 5.78 Å². The molecule has 6 nitrogen and oxygen atoms in total. The van der Waals surface area contributed by atoms with Crippen molar-refractivity contribution in [3.63, 3.8) is 0 Å². The molecule has 0 aliphatic heterocycles. The lowest BCUT2D eigenvalue weighted by Gasteiger charge is -2.23. The highest BCUT2D eigenvalue weighted by Gasteiger charge is 2.12. The lowest BCUT2D eigenvalue weighted by molar-refractivity contribution is 0.0694. The Labute approximate surface area is 136 Å². The van der Waals surface area contributed by atoms with Crippen molar-refractivity contribution in [3.8, 4) is 17.9 Å². The predicted octanol–water partition coefficient (Wildman–Crippen LogP) is 1.76. The maximum Gasteiger partial charge on any atom is 0.159 e. The van der Waals surface area contributed by atoms with Crippen molar-refractivity contribution in [2.45, 2.75) is 25.9 Å². The molecule has 23 heavy (non-hydrogen) atoms. The number of hydrogen-bond acceptors (Lipinski definition) is 6. The number of carbonyl (C=O) groups is 1. The number of ketones is 1. The molecular weight excluding hydrogens is 294 g/mol. The molecule has 0 bridgehead atoms. The van der Waals surface area contributed by atoms with Gasteiger partial charge in [0, 0.05) is 38.0 Å². The summed E-state index contributed by atoms with van der Waals surface area (Å²) in [4.78, 5) is 13.2. The molecule has 0 aliphatic rings. The van der Waals surface area contributed by atoms with E-state index in [-0.39, 0.29) is 12.4 Å². The number of hydrogen-bond donors (Lipinski definition) is 1. The maximum absolute atomic E-state index is 11.3. The number of aliphatic hydroxyl groups excluding tert-OH is 1. The van der Waals surface area contributed by atoms with Crippen LogP contribution in [-0.4, -0.2) is 48.1 Å². The molecular formula is C17H21N3O3. The summed E-state index contributed by atoms with van der Waals surface area (Å²) in [6.07, 6.45) is -0.0485. The minimum atomic E-state index is -0.742. The van der Waals surface area contributed by atoms with E-state index in [9.17, 15) is 9.90 Å². The number of benzene rings is 1. The SMILES string of the molecule is CC(=O)c1cccc(OCC(O)CN(CCC#N)CCC#N)c1. The molecule has 0 saturated carbocycles. The Hall–Kier alpha value is -2.41. The monoisotopic (exact) mass is 315 g/mol. The first-order valence-electron chi connectivity index (χ1n) is 7.45. The zero-order valence-corrected chi connectivity index (χ0v) is 13.2. The molecule has 6 heteroatoms. The summed E-state index contributed by atoms with van der Waals surface area (Å²) in [6.45, 7) is 2.91. The Morgan fingerprint density at radius 2 is 1.96 bits per heavy atom. The van der Waals surface area contributed by atoms with Crippen LogP contribution < -0.4 is 4.74 Å². The van der Waals surface area contributed by atoms with E-state index in [1.54, 1.807) is 24.3 Å². The van der Waals surface area contributed by atoms with E-state index >= 15 is 0 Å². The lowest BCUT2D eigenvalue weighted by Crippen LogP contribution is -2.36. The molecule has 1 unspecified atom stereocenters. The first-order valence-corrected chi connectivity index (χ1v) is 7.45. The van der Waals surface area contributed by atoms with Gasteiger partial charge < -0.3 is 9.84 Å². The molecule has 122 valence electrons. The van der Waals surface area contributed by atoms with E-state index in [0.29, 0.717) is 43.8 Å². The van der Waals surface area contributed by atoms with Crippen LogP contribution >= 0.6 is 0 Å². The van der Waals surface area contributed by atoms with Crippen LogP contribution in [0.5, 0.6) is 5.75 Å². The van der Waals surface area contributed by atoms with Crippen LogP contribution in [0.3, 0.4) is 0 Å². The van der Waals surface area contributed by atoms with Gasteiger partial charge in [0.05, 0.1) is 12.1 Å². The van der Waals surface area contributed by atoms with Gasteiger partial charge in [0.1, 0.15) is 18.5 Å². The minimum absolute atomic E-state index is 0.0461. The summed E-state index contributed by atoms with van der Waals surface area (Å²) >= 11 is 0. The molecule has 1 rings (SSSR count). The molecule has 0 aliphatic carbocycles. The van der Waals surface area contributed by atoms with E-state index in [1.807, 2.05) is 4.90 Å². The molecule has 0 saturated heterocycles. The average Bonchev–Trinajstić information content (AvgIpc) is 2.55. The van der Waals surface area contributed by atoms with Crippen LogP contribution in [-0.2, 0) is 0 Å². The fourth-order valence-electron chi connectivity index (χ4n) is 2.06. The molecule has 0 amide bonds. The van der Waals surface area contributed by atoms with Gasteiger partial charge in [-0.3, -0.25) is 9.69 Å². The Morgan fingerprint density at radius 1 is 1.30 bits per heavy atom. The van der Waals surface area contributed by atoms with Crippen LogP contribution in [0.4, 0.5) is 0 Å². The number of nitriles is 2. The molecule has 0 fully saturated rings. The van der Waals surface area contributed by atoms with Gasteiger partial charge in [-0.15, -0.1) is 0 Å². The topological polar surface area (TPSA) is 97.3 Å². The lowest BCUT2D eigenvalue weighted by atomic mass is 10.1. The summed E-state index contributed by atoms with van der Waals surface area (Å²) < 4.78 is 5.51. The third-order valence-electron chi connectivity index (χ3n) is 3.23. The second kappa shape index (κ2) is 10.3. The zero-order valence-electron chi connectivity index (χ0n) is 13.2. The molecule has 0 heterocycles. The van der Waals surface area contributed by atoms with Crippen LogP contribution in [0.15, 0.2) is 24.3 Å². The highest BCUT2D eigenvalue weighted by molar-refractivity contribution is 5.94.